The SMILES string of the molecule is COCC(COCC(COC)OCCO)OCCO. The molecular formula is C12H26O7. The van der Waals surface area contributed by atoms with Gasteiger partial charge in [-0.3, -0.25) is 0 Å². The maximum absolute atomic E-state index is 8.70. The van der Waals surface area contributed by atoms with Crippen molar-refractivity contribution in [2.75, 3.05) is 67.1 Å². The number of hydrogen-bond acceptors (Lipinski definition) is 7. The number of aliphatic hydroxyl groups is 2. The van der Waals surface area contributed by atoms with E-state index in [1.165, 1.54) is 0 Å². The molecule has 0 bridgehead atoms. The predicted molar refractivity (Wildman–Crippen MR) is 68.2 cm³/mol. The van der Waals surface area contributed by atoms with E-state index in [1.807, 2.05) is 0 Å². The molecule has 0 aromatic rings. The highest BCUT2D eigenvalue weighted by Gasteiger charge is 2.13. The number of ether oxygens (including phenoxy) is 5. The number of hydrogen-bond donors (Lipinski definition) is 2. The molecule has 0 saturated carbocycles. The van der Waals surface area contributed by atoms with Crippen LogP contribution < -0.4 is 0 Å². The average Bonchev–Trinajstić information content (AvgIpc) is 2.42. The second-order valence-corrected chi connectivity index (χ2v) is 3.88. The van der Waals surface area contributed by atoms with E-state index in [-0.39, 0.29) is 38.6 Å². The zero-order chi connectivity index (χ0) is 14.3. The summed E-state index contributed by atoms with van der Waals surface area (Å²) >= 11 is 0. The van der Waals surface area contributed by atoms with Gasteiger partial charge in [-0.15, -0.1) is 0 Å². The lowest BCUT2D eigenvalue weighted by atomic mass is 10.3. The van der Waals surface area contributed by atoms with E-state index in [0.717, 1.165) is 0 Å². The summed E-state index contributed by atoms with van der Waals surface area (Å²) in [5.41, 5.74) is 0. The first-order valence-electron chi connectivity index (χ1n) is 6.29. The monoisotopic (exact) mass is 282 g/mol. The van der Waals surface area contributed by atoms with Crippen molar-refractivity contribution in [2.45, 2.75) is 12.2 Å². The average molecular weight is 282 g/mol. The van der Waals surface area contributed by atoms with Crippen molar-refractivity contribution in [3.63, 3.8) is 0 Å². The molecule has 0 aromatic carbocycles. The maximum Gasteiger partial charge on any atom is 0.104 e. The summed E-state index contributed by atoms with van der Waals surface area (Å²) in [4.78, 5) is 0. The molecule has 0 saturated heterocycles. The third-order valence-corrected chi connectivity index (χ3v) is 2.20. The fraction of sp³-hybridized carbons (Fsp3) is 1.00. The van der Waals surface area contributed by atoms with Crippen molar-refractivity contribution in [1.29, 1.82) is 0 Å². The van der Waals surface area contributed by atoms with Gasteiger partial charge in [0.15, 0.2) is 0 Å². The highest BCUT2D eigenvalue weighted by Crippen LogP contribution is 1.99. The van der Waals surface area contributed by atoms with Crippen LogP contribution in [-0.2, 0) is 23.7 Å². The Bertz CT molecular complexity index is 161. The van der Waals surface area contributed by atoms with Crippen LogP contribution in [-0.4, -0.2) is 89.5 Å². The molecule has 0 amide bonds. The van der Waals surface area contributed by atoms with Crippen LogP contribution in [0.1, 0.15) is 0 Å². The van der Waals surface area contributed by atoms with Gasteiger partial charge in [0.25, 0.3) is 0 Å². The van der Waals surface area contributed by atoms with Crippen LogP contribution in [0.4, 0.5) is 0 Å². The van der Waals surface area contributed by atoms with E-state index in [9.17, 15) is 0 Å². The fourth-order valence-corrected chi connectivity index (χ4v) is 1.43. The molecule has 116 valence electrons. The summed E-state index contributed by atoms with van der Waals surface area (Å²) < 4.78 is 26.2. The summed E-state index contributed by atoms with van der Waals surface area (Å²) in [5.74, 6) is 0. The lowest BCUT2D eigenvalue weighted by molar-refractivity contribution is -0.0940. The summed E-state index contributed by atoms with van der Waals surface area (Å²) in [6, 6.07) is 0. The summed E-state index contributed by atoms with van der Waals surface area (Å²) in [6.07, 6.45) is -0.448. The second-order valence-electron chi connectivity index (χ2n) is 3.88. The van der Waals surface area contributed by atoms with E-state index < -0.39 is 0 Å². The van der Waals surface area contributed by atoms with Crippen molar-refractivity contribution >= 4 is 0 Å². The normalized spacial score (nSPS) is 14.5. The minimum Gasteiger partial charge on any atom is -0.394 e. The summed E-state index contributed by atoms with van der Waals surface area (Å²) in [7, 11) is 3.15. The van der Waals surface area contributed by atoms with Gasteiger partial charge in [0.1, 0.15) is 12.2 Å². The molecular weight excluding hydrogens is 256 g/mol. The first kappa shape index (κ1) is 18.7. The lowest BCUT2D eigenvalue weighted by Gasteiger charge is -2.20. The molecule has 7 nitrogen and oxygen atoms in total. The van der Waals surface area contributed by atoms with Crippen molar-refractivity contribution in [3.05, 3.63) is 0 Å². The molecule has 7 heteroatoms. The second kappa shape index (κ2) is 14.1. The van der Waals surface area contributed by atoms with E-state index in [4.69, 9.17) is 33.9 Å². The molecule has 0 heterocycles. The third-order valence-electron chi connectivity index (χ3n) is 2.20. The molecule has 19 heavy (non-hydrogen) atoms. The van der Waals surface area contributed by atoms with E-state index in [0.29, 0.717) is 26.4 Å². The van der Waals surface area contributed by atoms with Crippen LogP contribution in [0.5, 0.6) is 0 Å². The van der Waals surface area contributed by atoms with Gasteiger partial charge in [-0.1, -0.05) is 0 Å². The largest absolute Gasteiger partial charge is 0.394 e. The fourth-order valence-electron chi connectivity index (χ4n) is 1.43. The van der Waals surface area contributed by atoms with E-state index in [2.05, 4.69) is 0 Å². The Morgan fingerprint density at radius 3 is 1.47 bits per heavy atom. The first-order valence-corrected chi connectivity index (χ1v) is 6.29. The summed E-state index contributed by atoms with van der Waals surface area (Å²) in [6.45, 7) is 1.91. The van der Waals surface area contributed by atoms with Crippen molar-refractivity contribution in [1.82, 2.24) is 0 Å². The zero-order valence-corrected chi connectivity index (χ0v) is 11.7. The van der Waals surface area contributed by atoms with Crippen LogP contribution >= 0.6 is 0 Å². The smallest absolute Gasteiger partial charge is 0.104 e. The van der Waals surface area contributed by atoms with Crippen LogP contribution in [0.2, 0.25) is 0 Å². The van der Waals surface area contributed by atoms with Gasteiger partial charge in [0.05, 0.1) is 52.9 Å². The quantitative estimate of drug-likeness (QED) is 0.425. The van der Waals surface area contributed by atoms with Gasteiger partial charge in [-0.25, -0.2) is 0 Å². The molecule has 0 aliphatic heterocycles. The molecule has 0 aromatic heterocycles. The molecule has 2 unspecified atom stereocenters. The Labute approximate surface area is 114 Å². The number of aliphatic hydroxyl groups excluding tert-OH is 2. The van der Waals surface area contributed by atoms with Crippen molar-refractivity contribution in [3.8, 4) is 0 Å². The predicted octanol–water partition coefficient (Wildman–Crippen LogP) is -0.949. The molecule has 0 aliphatic carbocycles. The van der Waals surface area contributed by atoms with Gasteiger partial charge in [0, 0.05) is 14.2 Å². The van der Waals surface area contributed by atoms with Crippen molar-refractivity contribution in [2.24, 2.45) is 0 Å². The maximum atomic E-state index is 8.70. The molecule has 2 atom stereocenters. The zero-order valence-electron chi connectivity index (χ0n) is 11.7. The Morgan fingerprint density at radius 1 is 0.737 bits per heavy atom. The van der Waals surface area contributed by atoms with Crippen LogP contribution in [0.25, 0.3) is 0 Å². The van der Waals surface area contributed by atoms with Crippen LogP contribution in [0.3, 0.4) is 0 Å². The third kappa shape index (κ3) is 11.3. The Balaban J connectivity index is 3.83. The highest BCUT2D eigenvalue weighted by atomic mass is 16.6. The number of rotatable bonds is 14. The Hall–Kier alpha value is -0.280. The molecule has 0 spiro atoms. The van der Waals surface area contributed by atoms with Gasteiger partial charge in [-0.05, 0) is 0 Å². The van der Waals surface area contributed by atoms with Gasteiger partial charge >= 0.3 is 0 Å². The van der Waals surface area contributed by atoms with Crippen molar-refractivity contribution < 1.29 is 33.9 Å². The van der Waals surface area contributed by atoms with Gasteiger partial charge in [-0.2, -0.15) is 0 Å². The standard InChI is InChI=1S/C12H26O7/c1-15-7-11(18-5-3-13)9-17-10-12(8-16-2)19-6-4-14/h11-14H,3-10H2,1-2H3. The van der Waals surface area contributed by atoms with Crippen LogP contribution in [0.15, 0.2) is 0 Å². The molecule has 2 N–H and O–H groups in total. The molecule has 0 rings (SSSR count). The molecule has 0 aliphatic rings. The van der Waals surface area contributed by atoms with Gasteiger partial charge < -0.3 is 33.9 Å². The van der Waals surface area contributed by atoms with E-state index >= 15 is 0 Å². The minimum atomic E-state index is -0.224. The highest BCUT2D eigenvalue weighted by molar-refractivity contribution is 4.59. The molecule has 0 radical (unpaired) electrons. The minimum absolute atomic E-state index is 0.0356. The number of methoxy groups -OCH3 is 2. The van der Waals surface area contributed by atoms with Gasteiger partial charge in [0.2, 0.25) is 0 Å². The van der Waals surface area contributed by atoms with E-state index in [1.54, 1.807) is 14.2 Å². The van der Waals surface area contributed by atoms with Crippen LogP contribution in [0, 0.1) is 0 Å². The Kier molecular flexibility index (Phi) is 13.9. The lowest BCUT2D eigenvalue weighted by Crippen LogP contribution is -2.31. The summed E-state index contributed by atoms with van der Waals surface area (Å²) in [5, 5.41) is 17.4. The molecule has 0 fully saturated rings. The Morgan fingerprint density at radius 2 is 1.16 bits per heavy atom. The first-order chi connectivity index (χ1) is 9.28. The topological polar surface area (TPSA) is 86.6 Å².